The topological polar surface area (TPSA) is 86.5 Å². The zero-order chi connectivity index (χ0) is 17.0. The molecule has 23 heavy (non-hydrogen) atoms. The summed E-state index contributed by atoms with van der Waals surface area (Å²) in [6, 6.07) is -0.233. The van der Waals surface area contributed by atoms with Gasteiger partial charge in [-0.1, -0.05) is 0 Å². The fourth-order valence-electron chi connectivity index (χ4n) is 2.46. The van der Waals surface area contributed by atoms with Crippen molar-refractivity contribution in [1.29, 1.82) is 0 Å². The monoisotopic (exact) mass is 325 g/mol. The predicted octanol–water partition coefficient (Wildman–Crippen LogP) is 2.46. The van der Waals surface area contributed by atoms with Crippen molar-refractivity contribution < 1.29 is 18.7 Å². The summed E-state index contributed by atoms with van der Waals surface area (Å²) in [4.78, 5) is 15.5. The van der Waals surface area contributed by atoms with Crippen LogP contribution in [0.5, 0.6) is 5.88 Å². The normalized spacial score (nSPS) is 16.8. The van der Waals surface area contributed by atoms with Crippen molar-refractivity contribution in [1.82, 2.24) is 10.3 Å². The number of nitrogens with two attached hydrogens (primary N) is 1. The summed E-state index contributed by atoms with van der Waals surface area (Å²) < 4.78 is 24.4. The van der Waals surface area contributed by atoms with Gasteiger partial charge < -0.3 is 20.5 Å². The van der Waals surface area contributed by atoms with E-state index in [1.54, 1.807) is 20.8 Å². The van der Waals surface area contributed by atoms with E-state index in [2.05, 4.69) is 10.3 Å². The van der Waals surface area contributed by atoms with Gasteiger partial charge in [-0.05, 0) is 45.6 Å². The second-order valence-corrected chi connectivity index (χ2v) is 6.58. The third-order valence-corrected chi connectivity index (χ3v) is 3.44. The Balaban J connectivity index is 1.78. The minimum atomic E-state index is -0.519. The van der Waals surface area contributed by atoms with Crippen LogP contribution in [0.4, 0.5) is 9.18 Å². The first-order valence-corrected chi connectivity index (χ1v) is 7.80. The maximum atomic E-state index is 13.7. The Bertz CT molecular complexity index is 572. The largest absolute Gasteiger partial charge is 0.477 e. The predicted molar refractivity (Wildman–Crippen MR) is 83.8 cm³/mol. The van der Waals surface area contributed by atoms with E-state index in [1.807, 2.05) is 0 Å². The highest BCUT2D eigenvalue weighted by molar-refractivity contribution is 5.67. The van der Waals surface area contributed by atoms with E-state index in [4.69, 9.17) is 15.2 Å². The Morgan fingerprint density at radius 1 is 1.52 bits per heavy atom. The molecule has 3 N–H and O–H groups in total. The minimum Gasteiger partial charge on any atom is -0.477 e. The number of hydrogen-bond donors (Lipinski definition) is 2. The molecule has 0 radical (unpaired) electrons. The van der Waals surface area contributed by atoms with Gasteiger partial charge >= 0.3 is 6.09 Å². The van der Waals surface area contributed by atoms with Crippen molar-refractivity contribution in [3.63, 3.8) is 0 Å². The molecule has 128 valence electrons. The lowest BCUT2D eigenvalue weighted by molar-refractivity contribution is 0.0525. The van der Waals surface area contributed by atoms with Crippen LogP contribution >= 0.6 is 0 Å². The van der Waals surface area contributed by atoms with Crippen LogP contribution in [0.25, 0.3) is 0 Å². The second-order valence-electron chi connectivity index (χ2n) is 6.58. The third-order valence-electron chi connectivity index (χ3n) is 3.44. The van der Waals surface area contributed by atoms with Gasteiger partial charge in [-0.15, -0.1) is 0 Å². The zero-order valence-electron chi connectivity index (χ0n) is 13.8. The molecule has 1 aromatic heterocycles. The van der Waals surface area contributed by atoms with E-state index in [0.717, 1.165) is 0 Å². The molecule has 2 rings (SSSR count). The van der Waals surface area contributed by atoms with E-state index in [-0.39, 0.29) is 11.9 Å². The lowest BCUT2D eigenvalue weighted by Crippen LogP contribution is -2.33. The first-order valence-electron chi connectivity index (χ1n) is 7.80. The molecule has 0 spiro atoms. The van der Waals surface area contributed by atoms with Gasteiger partial charge in [-0.3, -0.25) is 0 Å². The van der Waals surface area contributed by atoms with Gasteiger partial charge in [0.15, 0.2) is 0 Å². The number of fused-ring (bicyclic) bond motifs is 1. The number of halogens is 1. The number of alkyl carbamates (subject to hydrolysis) is 1. The van der Waals surface area contributed by atoms with Crippen LogP contribution in [-0.4, -0.2) is 29.8 Å². The minimum absolute atomic E-state index is 0.233. The first-order chi connectivity index (χ1) is 10.8. The van der Waals surface area contributed by atoms with Gasteiger partial charge in [0.1, 0.15) is 11.4 Å². The average molecular weight is 325 g/mol. The maximum Gasteiger partial charge on any atom is 0.407 e. The quantitative estimate of drug-likeness (QED) is 0.812. The van der Waals surface area contributed by atoms with Gasteiger partial charge in [0.2, 0.25) is 5.88 Å². The van der Waals surface area contributed by atoms with E-state index < -0.39 is 11.7 Å². The molecule has 1 heterocycles. The Morgan fingerprint density at radius 3 is 2.96 bits per heavy atom. The molecule has 1 amide bonds. The third kappa shape index (κ3) is 4.79. The Labute approximate surface area is 135 Å². The first kappa shape index (κ1) is 17.5. The zero-order valence-corrected chi connectivity index (χ0v) is 13.8. The number of carbonyl (C=O) groups excluding carboxylic acids is 1. The Kier molecular flexibility index (Phi) is 5.41. The number of rotatable bonds is 5. The molecule has 0 aliphatic heterocycles. The summed E-state index contributed by atoms with van der Waals surface area (Å²) in [5, 5.41) is 2.65. The van der Waals surface area contributed by atoms with Crippen molar-refractivity contribution in [3.05, 3.63) is 23.1 Å². The molecule has 0 saturated carbocycles. The number of nitrogens with zero attached hydrogens (tertiary/aromatic N) is 1. The number of carbonyl (C=O) groups is 1. The molecule has 1 atom stereocenters. The van der Waals surface area contributed by atoms with Crippen LogP contribution in [0.2, 0.25) is 0 Å². The molecule has 0 bridgehead atoms. The fourth-order valence-corrected chi connectivity index (χ4v) is 2.46. The van der Waals surface area contributed by atoms with Crippen LogP contribution in [-0.2, 0) is 11.2 Å². The highest BCUT2D eigenvalue weighted by Crippen LogP contribution is 2.36. The smallest absolute Gasteiger partial charge is 0.407 e. The van der Waals surface area contributed by atoms with Crippen LogP contribution < -0.4 is 15.8 Å². The highest BCUT2D eigenvalue weighted by atomic mass is 19.1. The van der Waals surface area contributed by atoms with E-state index >= 15 is 0 Å². The molecule has 0 aromatic carbocycles. The van der Waals surface area contributed by atoms with Gasteiger partial charge in [-0.2, -0.15) is 0 Å². The molecule has 7 heteroatoms. The van der Waals surface area contributed by atoms with Crippen molar-refractivity contribution in [2.45, 2.75) is 51.7 Å². The molecule has 0 fully saturated rings. The molecular weight excluding hydrogens is 301 g/mol. The number of aromatic nitrogens is 1. The fraction of sp³-hybridized carbons (Fsp3) is 0.625. The summed E-state index contributed by atoms with van der Waals surface area (Å²) in [5.74, 6) is 0.0653. The molecule has 0 saturated heterocycles. The van der Waals surface area contributed by atoms with Gasteiger partial charge in [0.25, 0.3) is 0 Å². The van der Waals surface area contributed by atoms with Crippen molar-refractivity contribution in [2.75, 3.05) is 13.2 Å². The standard InChI is InChI=1S/C16H24FN3O3/c1-16(2,3)23-15(21)19-7-4-8-22-14-13-10(5-6-12(13)18)11(17)9-20-14/h9,12H,4-8,18H2,1-3H3,(H,19,21)/t12-/m0/s1. The summed E-state index contributed by atoms with van der Waals surface area (Å²) in [5.41, 5.74) is 6.74. The number of nitrogens with one attached hydrogen (secondary N) is 1. The van der Waals surface area contributed by atoms with Crippen molar-refractivity contribution >= 4 is 6.09 Å². The SMILES string of the molecule is CC(C)(C)OC(=O)NCCCOc1ncc(F)c2c1[C@@H](N)CC2. The van der Waals surface area contributed by atoms with Crippen LogP contribution in [0.15, 0.2) is 6.20 Å². The average Bonchev–Trinajstić information content (AvgIpc) is 2.82. The molecule has 1 aromatic rings. The molecule has 1 aliphatic rings. The lowest BCUT2D eigenvalue weighted by Gasteiger charge is -2.19. The van der Waals surface area contributed by atoms with Crippen molar-refractivity contribution in [3.8, 4) is 5.88 Å². The molecule has 6 nitrogen and oxygen atoms in total. The number of amides is 1. The summed E-state index contributed by atoms with van der Waals surface area (Å²) in [6.45, 7) is 6.19. The summed E-state index contributed by atoms with van der Waals surface area (Å²) in [6.07, 6.45) is 2.61. The summed E-state index contributed by atoms with van der Waals surface area (Å²) >= 11 is 0. The number of pyridine rings is 1. The number of hydrogen-bond acceptors (Lipinski definition) is 5. The van der Waals surface area contributed by atoms with Gasteiger partial charge in [0, 0.05) is 18.2 Å². The Hall–Kier alpha value is -1.89. The Morgan fingerprint density at radius 2 is 2.26 bits per heavy atom. The maximum absolute atomic E-state index is 13.7. The molecule has 1 aliphatic carbocycles. The lowest BCUT2D eigenvalue weighted by atomic mass is 10.1. The van der Waals surface area contributed by atoms with Crippen LogP contribution in [0, 0.1) is 5.82 Å². The second kappa shape index (κ2) is 7.12. The highest BCUT2D eigenvalue weighted by Gasteiger charge is 2.27. The molecule has 0 unspecified atom stereocenters. The van der Waals surface area contributed by atoms with E-state index in [1.165, 1.54) is 6.20 Å². The van der Waals surface area contributed by atoms with E-state index in [9.17, 15) is 9.18 Å². The van der Waals surface area contributed by atoms with Crippen molar-refractivity contribution in [2.24, 2.45) is 5.73 Å². The number of ether oxygens (including phenoxy) is 2. The molecular formula is C16H24FN3O3. The summed E-state index contributed by atoms with van der Waals surface area (Å²) in [7, 11) is 0. The van der Waals surface area contributed by atoms with E-state index in [0.29, 0.717) is 49.4 Å². The van der Waals surface area contributed by atoms with Crippen LogP contribution in [0.1, 0.15) is 50.8 Å². The van der Waals surface area contributed by atoms with Gasteiger partial charge in [-0.25, -0.2) is 14.2 Å². The van der Waals surface area contributed by atoms with Crippen LogP contribution in [0.3, 0.4) is 0 Å². The van der Waals surface area contributed by atoms with Gasteiger partial charge in [0.05, 0.1) is 12.8 Å².